The fourth-order valence-electron chi connectivity index (χ4n) is 1.47. The molecule has 0 amide bonds. The molecule has 0 aliphatic rings. The molecule has 0 aliphatic heterocycles. The number of aromatic amines is 1. The molecule has 0 fully saturated rings. The quantitative estimate of drug-likeness (QED) is 0.883. The second-order valence-electron chi connectivity index (χ2n) is 3.73. The molecule has 0 spiro atoms. The summed E-state index contributed by atoms with van der Waals surface area (Å²) in [6, 6.07) is 5.64. The number of hydrogen-bond acceptors (Lipinski definition) is 3. The van der Waals surface area contributed by atoms with Crippen LogP contribution < -0.4 is 10.3 Å². The van der Waals surface area contributed by atoms with Crippen molar-refractivity contribution in [3.8, 4) is 6.01 Å². The number of hydrogen-bond donors (Lipinski definition) is 1. The average Bonchev–Trinajstić information content (AvgIpc) is 2.28. The highest BCUT2D eigenvalue weighted by Crippen LogP contribution is 2.16. The summed E-state index contributed by atoms with van der Waals surface area (Å²) >= 11 is 3.35. The van der Waals surface area contributed by atoms with Crippen molar-refractivity contribution < 1.29 is 4.74 Å². The van der Waals surface area contributed by atoms with Crippen LogP contribution in [0.1, 0.15) is 19.8 Å². The van der Waals surface area contributed by atoms with Crippen molar-refractivity contribution in [2.45, 2.75) is 19.8 Å². The minimum absolute atomic E-state index is 0.172. The highest BCUT2D eigenvalue weighted by atomic mass is 79.9. The van der Waals surface area contributed by atoms with Crippen molar-refractivity contribution >= 4 is 26.8 Å². The van der Waals surface area contributed by atoms with E-state index in [-0.39, 0.29) is 11.6 Å². The second-order valence-corrected chi connectivity index (χ2v) is 4.65. The summed E-state index contributed by atoms with van der Waals surface area (Å²) < 4.78 is 6.28. The van der Waals surface area contributed by atoms with Crippen molar-refractivity contribution in [2.75, 3.05) is 6.61 Å². The fourth-order valence-corrected chi connectivity index (χ4v) is 1.82. The Labute approximate surface area is 107 Å². The molecule has 2 aromatic rings. The molecule has 0 bridgehead atoms. The van der Waals surface area contributed by atoms with Gasteiger partial charge in [-0.25, -0.2) is 0 Å². The minimum Gasteiger partial charge on any atom is -0.465 e. The van der Waals surface area contributed by atoms with Gasteiger partial charge in [-0.15, -0.1) is 0 Å². The van der Waals surface area contributed by atoms with Crippen LogP contribution in [0.4, 0.5) is 0 Å². The van der Waals surface area contributed by atoms with Crippen LogP contribution in [0.15, 0.2) is 27.5 Å². The SMILES string of the molecule is CCCCOc1nc2cc(Br)ccc2c(=O)[nH]1. The average molecular weight is 297 g/mol. The number of halogens is 1. The summed E-state index contributed by atoms with van der Waals surface area (Å²) in [4.78, 5) is 18.6. The molecule has 0 saturated carbocycles. The van der Waals surface area contributed by atoms with E-state index in [1.54, 1.807) is 12.1 Å². The van der Waals surface area contributed by atoms with Gasteiger partial charge >= 0.3 is 0 Å². The maximum absolute atomic E-state index is 11.8. The number of nitrogens with zero attached hydrogens (tertiary/aromatic N) is 1. The summed E-state index contributed by atoms with van der Waals surface area (Å²) in [6.07, 6.45) is 1.99. The summed E-state index contributed by atoms with van der Waals surface area (Å²) in [5.41, 5.74) is 0.462. The first-order chi connectivity index (χ1) is 8.20. The molecule has 0 aliphatic carbocycles. The van der Waals surface area contributed by atoms with Crippen molar-refractivity contribution in [3.05, 3.63) is 33.0 Å². The summed E-state index contributed by atoms with van der Waals surface area (Å²) in [6.45, 7) is 2.65. The standard InChI is InChI=1S/C12H13BrN2O2/c1-2-3-6-17-12-14-10-7-8(13)4-5-9(10)11(16)15-12/h4-5,7H,2-3,6H2,1H3,(H,14,15,16). The topological polar surface area (TPSA) is 55.0 Å². The zero-order chi connectivity index (χ0) is 12.3. The monoisotopic (exact) mass is 296 g/mol. The number of unbranched alkanes of at least 4 members (excludes halogenated alkanes) is 1. The van der Waals surface area contributed by atoms with Crippen LogP contribution in [0.25, 0.3) is 10.9 Å². The van der Waals surface area contributed by atoms with E-state index in [9.17, 15) is 4.79 Å². The molecule has 1 aromatic carbocycles. The number of ether oxygens (including phenoxy) is 1. The van der Waals surface area contributed by atoms with E-state index in [1.165, 1.54) is 0 Å². The van der Waals surface area contributed by atoms with Crippen LogP contribution >= 0.6 is 15.9 Å². The van der Waals surface area contributed by atoms with Gasteiger partial charge in [0.25, 0.3) is 11.6 Å². The van der Waals surface area contributed by atoms with E-state index in [0.29, 0.717) is 17.5 Å². The third-order valence-corrected chi connectivity index (χ3v) is 2.88. The third-order valence-electron chi connectivity index (χ3n) is 2.38. The summed E-state index contributed by atoms with van der Waals surface area (Å²) in [5.74, 6) is 0. The Kier molecular flexibility index (Phi) is 3.78. The van der Waals surface area contributed by atoms with Crippen molar-refractivity contribution in [1.82, 2.24) is 9.97 Å². The Morgan fingerprint density at radius 2 is 2.29 bits per heavy atom. The smallest absolute Gasteiger partial charge is 0.297 e. The number of nitrogens with one attached hydrogen (secondary N) is 1. The minimum atomic E-state index is -0.172. The van der Waals surface area contributed by atoms with Crippen LogP contribution in [0.3, 0.4) is 0 Å². The van der Waals surface area contributed by atoms with Gasteiger partial charge in [-0.05, 0) is 24.6 Å². The highest BCUT2D eigenvalue weighted by Gasteiger charge is 2.04. The van der Waals surface area contributed by atoms with E-state index < -0.39 is 0 Å². The van der Waals surface area contributed by atoms with Gasteiger partial charge in [-0.1, -0.05) is 29.3 Å². The zero-order valence-electron chi connectivity index (χ0n) is 9.50. The lowest BCUT2D eigenvalue weighted by Gasteiger charge is -2.05. The fraction of sp³-hybridized carbons (Fsp3) is 0.333. The van der Waals surface area contributed by atoms with E-state index in [0.717, 1.165) is 17.3 Å². The Bertz CT molecular complexity index is 580. The predicted molar refractivity (Wildman–Crippen MR) is 70.5 cm³/mol. The molecular weight excluding hydrogens is 284 g/mol. The van der Waals surface area contributed by atoms with Gasteiger partial charge in [0, 0.05) is 4.47 Å². The lowest BCUT2D eigenvalue weighted by Crippen LogP contribution is -2.11. The first-order valence-electron chi connectivity index (χ1n) is 5.53. The zero-order valence-corrected chi connectivity index (χ0v) is 11.1. The molecule has 0 radical (unpaired) electrons. The Morgan fingerprint density at radius 3 is 3.06 bits per heavy atom. The largest absolute Gasteiger partial charge is 0.465 e. The molecule has 2 rings (SSSR count). The van der Waals surface area contributed by atoms with Crippen LogP contribution in [0, 0.1) is 0 Å². The number of benzene rings is 1. The lowest BCUT2D eigenvalue weighted by molar-refractivity contribution is 0.286. The van der Waals surface area contributed by atoms with E-state index in [2.05, 4.69) is 32.8 Å². The van der Waals surface area contributed by atoms with E-state index in [4.69, 9.17) is 4.74 Å². The predicted octanol–water partition coefficient (Wildman–Crippen LogP) is 2.86. The van der Waals surface area contributed by atoms with Crippen molar-refractivity contribution in [1.29, 1.82) is 0 Å². The lowest BCUT2D eigenvalue weighted by atomic mass is 10.2. The third kappa shape index (κ3) is 2.85. The molecule has 17 heavy (non-hydrogen) atoms. The van der Waals surface area contributed by atoms with Crippen LogP contribution in [0.5, 0.6) is 6.01 Å². The maximum atomic E-state index is 11.8. The first kappa shape index (κ1) is 12.1. The highest BCUT2D eigenvalue weighted by molar-refractivity contribution is 9.10. The van der Waals surface area contributed by atoms with Gasteiger partial charge in [0.15, 0.2) is 0 Å². The molecule has 1 N–H and O–H groups in total. The van der Waals surface area contributed by atoms with E-state index in [1.807, 2.05) is 6.07 Å². The number of H-pyrrole nitrogens is 1. The number of aromatic nitrogens is 2. The van der Waals surface area contributed by atoms with Gasteiger partial charge in [0.2, 0.25) is 0 Å². The van der Waals surface area contributed by atoms with Crippen LogP contribution in [-0.2, 0) is 0 Å². The molecule has 0 saturated heterocycles. The molecule has 90 valence electrons. The molecule has 0 atom stereocenters. The van der Waals surface area contributed by atoms with Crippen molar-refractivity contribution in [2.24, 2.45) is 0 Å². The van der Waals surface area contributed by atoms with Gasteiger partial charge in [-0.3, -0.25) is 9.78 Å². The first-order valence-corrected chi connectivity index (χ1v) is 6.32. The number of fused-ring (bicyclic) bond motifs is 1. The molecule has 1 heterocycles. The second kappa shape index (κ2) is 5.31. The van der Waals surface area contributed by atoms with Crippen molar-refractivity contribution in [3.63, 3.8) is 0 Å². The van der Waals surface area contributed by atoms with Gasteiger partial charge < -0.3 is 4.74 Å². The molecule has 5 heteroatoms. The van der Waals surface area contributed by atoms with Crippen LogP contribution in [0.2, 0.25) is 0 Å². The van der Waals surface area contributed by atoms with Gasteiger partial charge in [-0.2, -0.15) is 4.98 Å². The normalized spacial score (nSPS) is 10.7. The van der Waals surface area contributed by atoms with Gasteiger partial charge in [0.1, 0.15) is 0 Å². The Hall–Kier alpha value is -1.36. The Balaban J connectivity index is 2.36. The summed E-state index contributed by atoms with van der Waals surface area (Å²) in [7, 11) is 0. The van der Waals surface area contributed by atoms with Gasteiger partial charge in [0.05, 0.1) is 17.5 Å². The molecule has 4 nitrogen and oxygen atoms in total. The maximum Gasteiger partial charge on any atom is 0.297 e. The van der Waals surface area contributed by atoms with Crippen LogP contribution in [-0.4, -0.2) is 16.6 Å². The molecular formula is C12H13BrN2O2. The van der Waals surface area contributed by atoms with E-state index >= 15 is 0 Å². The Morgan fingerprint density at radius 1 is 1.47 bits per heavy atom. The molecule has 1 aromatic heterocycles. The molecule has 0 unspecified atom stereocenters. The summed E-state index contributed by atoms with van der Waals surface area (Å²) in [5, 5.41) is 0.566. The number of rotatable bonds is 4.